The molecule has 2 aromatic rings. The highest BCUT2D eigenvalue weighted by atomic mass is 32.1. The second-order valence-corrected chi connectivity index (χ2v) is 7.07. The van der Waals surface area contributed by atoms with Gasteiger partial charge in [0.05, 0.1) is 0 Å². The molecule has 2 N–H and O–H groups in total. The molecule has 1 fully saturated rings. The first-order chi connectivity index (χ1) is 10.2. The van der Waals surface area contributed by atoms with Crippen LogP contribution in [0.25, 0.3) is 10.1 Å². The van der Waals surface area contributed by atoms with E-state index in [1.54, 1.807) is 0 Å². The molecule has 0 amide bonds. The van der Waals surface area contributed by atoms with Gasteiger partial charge in [-0.2, -0.15) is 0 Å². The maximum atomic E-state index is 6.11. The molecule has 4 heteroatoms. The van der Waals surface area contributed by atoms with E-state index in [-0.39, 0.29) is 0 Å². The number of likely N-dealkylation sites (tertiary alicyclic amines) is 1. The van der Waals surface area contributed by atoms with E-state index in [2.05, 4.69) is 53.5 Å². The monoisotopic (exact) mass is 303 g/mol. The molecule has 0 spiro atoms. The lowest BCUT2D eigenvalue weighted by Crippen LogP contribution is -2.40. The molecule has 1 aromatic heterocycles. The molecule has 3 nitrogen and oxygen atoms in total. The van der Waals surface area contributed by atoms with Crippen LogP contribution in [0.4, 0.5) is 0 Å². The Hall–Kier alpha value is -0.940. The summed E-state index contributed by atoms with van der Waals surface area (Å²) in [4.78, 5) is 4.93. The average molecular weight is 303 g/mol. The molecule has 2 heterocycles. The summed E-state index contributed by atoms with van der Waals surface area (Å²) in [6.07, 6.45) is 2.63. The van der Waals surface area contributed by atoms with Crippen LogP contribution in [0, 0.1) is 0 Å². The fourth-order valence-corrected chi connectivity index (χ4v) is 4.48. The highest BCUT2D eigenvalue weighted by molar-refractivity contribution is 7.17. The zero-order chi connectivity index (χ0) is 14.8. The minimum Gasteiger partial charge on any atom is -0.329 e. The van der Waals surface area contributed by atoms with E-state index in [0.717, 1.165) is 6.54 Å². The van der Waals surface area contributed by atoms with Gasteiger partial charge in [0.15, 0.2) is 0 Å². The lowest BCUT2D eigenvalue weighted by Gasteiger charge is -2.31. The van der Waals surface area contributed by atoms with Gasteiger partial charge in [0.1, 0.15) is 0 Å². The minimum atomic E-state index is 0.315. The lowest BCUT2D eigenvalue weighted by atomic mass is 10.0. The predicted molar refractivity (Wildman–Crippen MR) is 91.9 cm³/mol. The van der Waals surface area contributed by atoms with Crippen molar-refractivity contribution in [2.45, 2.75) is 24.9 Å². The standard InChI is InChI=1S/C17H25N3S/c1-19-9-5-6-13(19)11-20(2)16(10-18)15-12-21-17-8-4-3-7-14(15)17/h3-4,7-8,12-13,16H,5-6,9-11,18H2,1-2H3. The molecule has 1 aliphatic heterocycles. The second-order valence-electron chi connectivity index (χ2n) is 6.15. The maximum absolute atomic E-state index is 6.11. The van der Waals surface area contributed by atoms with Crippen molar-refractivity contribution in [3.05, 3.63) is 35.2 Å². The third kappa shape index (κ3) is 2.99. The van der Waals surface area contributed by atoms with Crippen molar-refractivity contribution >= 4 is 21.4 Å². The average Bonchev–Trinajstić information content (AvgIpc) is 3.08. The summed E-state index contributed by atoms with van der Waals surface area (Å²) in [5.74, 6) is 0. The van der Waals surface area contributed by atoms with E-state index in [4.69, 9.17) is 5.73 Å². The smallest absolute Gasteiger partial charge is 0.0482 e. The van der Waals surface area contributed by atoms with Gasteiger partial charge in [0, 0.05) is 29.9 Å². The Bertz CT molecular complexity index is 594. The van der Waals surface area contributed by atoms with E-state index in [9.17, 15) is 0 Å². The van der Waals surface area contributed by atoms with Crippen LogP contribution < -0.4 is 5.73 Å². The number of likely N-dealkylation sites (N-methyl/N-ethyl adjacent to an activating group) is 2. The Labute approximate surface area is 131 Å². The van der Waals surface area contributed by atoms with Crippen LogP contribution in [0.1, 0.15) is 24.4 Å². The van der Waals surface area contributed by atoms with E-state index >= 15 is 0 Å². The van der Waals surface area contributed by atoms with Crippen molar-refractivity contribution in [1.82, 2.24) is 9.80 Å². The number of thiophene rings is 1. The van der Waals surface area contributed by atoms with Crippen LogP contribution >= 0.6 is 11.3 Å². The molecule has 1 aromatic carbocycles. The fraction of sp³-hybridized carbons (Fsp3) is 0.529. The van der Waals surface area contributed by atoms with Crippen LogP contribution in [0.3, 0.4) is 0 Å². The molecule has 1 aliphatic rings. The molecule has 3 rings (SSSR count). The Morgan fingerprint density at radius 2 is 2.24 bits per heavy atom. The lowest BCUT2D eigenvalue weighted by molar-refractivity contribution is 0.180. The minimum absolute atomic E-state index is 0.315. The van der Waals surface area contributed by atoms with Gasteiger partial charge in [-0.25, -0.2) is 0 Å². The van der Waals surface area contributed by atoms with E-state index in [1.165, 1.54) is 35.0 Å². The van der Waals surface area contributed by atoms with Crippen molar-refractivity contribution in [2.75, 3.05) is 33.7 Å². The molecule has 0 radical (unpaired) electrons. The topological polar surface area (TPSA) is 32.5 Å². The molecule has 114 valence electrons. The number of hydrogen-bond acceptors (Lipinski definition) is 4. The highest BCUT2D eigenvalue weighted by Gasteiger charge is 2.26. The molecule has 0 saturated carbocycles. The predicted octanol–water partition coefficient (Wildman–Crippen LogP) is 2.93. The van der Waals surface area contributed by atoms with Crippen LogP contribution in [0.2, 0.25) is 0 Å². The van der Waals surface area contributed by atoms with Gasteiger partial charge < -0.3 is 10.6 Å². The molecule has 0 bridgehead atoms. The highest BCUT2D eigenvalue weighted by Crippen LogP contribution is 2.32. The molecular formula is C17H25N3S. The van der Waals surface area contributed by atoms with Crippen LogP contribution in [0.15, 0.2) is 29.6 Å². The first kappa shape index (κ1) is 15.0. The molecule has 2 unspecified atom stereocenters. The van der Waals surface area contributed by atoms with Crippen LogP contribution in [-0.4, -0.2) is 49.6 Å². The number of nitrogens with zero attached hydrogens (tertiary/aromatic N) is 2. The quantitative estimate of drug-likeness (QED) is 0.922. The third-order valence-corrected chi connectivity index (χ3v) is 5.78. The summed E-state index contributed by atoms with van der Waals surface area (Å²) in [6.45, 7) is 3.00. The van der Waals surface area contributed by atoms with Gasteiger partial charge >= 0.3 is 0 Å². The number of fused-ring (bicyclic) bond motifs is 1. The molecule has 21 heavy (non-hydrogen) atoms. The zero-order valence-electron chi connectivity index (χ0n) is 13.0. The molecule has 2 atom stereocenters. The first-order valence-corrected chi connectivity index (χ1v) is 8.65. The number of benzene rings is 1. The van der Waals surface area contributed by atoms with Crippen molar-refractivity contribution in [3.63, 3.8) is 0 Å². The SMILES string of the molecule is CN1CCCC1CN(C)C(CN)c1csc2ccccc12. The van der Waals surface area contributed by atoms with Crippen LogP contribution in [0.5, 0.6) is 0 Å². The molecule has 1 saturated heterocycles. The van der Waals surface area contributed by atoms with Gasteiger partial charge in [-0.05, 0) is 55.9 Å². The maximum Gasteiger partial charge on any atom is 0.0482 e. The summed E-state index contributed by atoms with van der Waals surface area (Å²) in [6, 6.07) is 9.64. The van der Waals surface area contributed by atoms with E-state index in [0.29, 0.717) is 18.6 Å². The number of nitrogens with two attached hydrogens (primary N) is 1. The first-order valence-electron chi connectivity index (χ1n) is 7.77. The molecular weight excluding hydrogens is 278 g/mol. The Kier molecular flexibility index (Phi) is 4.60. The van der Waals surface area contributed by atoms with Gasteiger partial charge in [-0.15, -0.1) is 11.3 Å². The van der Waals surface area contributed by atoms with Gasteiger partial charge in [-0.1, -0.05) is 18.2 Å². The Morgan fingerprint density at radius 1 is 1.43 bits per heavy atom. The van der Waals surface area contributed by atoms with Gasteiger partial charge in [-0.3, -0.25) is 4.90 Å². The Morgan fingerprint density at radius 3 is 2.95 bits per heavy atom. The normalized spacial score (nSPS) is 21.4. The summed E-state index contributed by atoms with van der Waals surface area (Å²) in [7, 11) is 4.46. The summed E-state index contributed by atoms with van der Waals surface area (Å²) in [5.41, 5.74) is 7.50. The van der Waals surface area contributed by atoms with E-state index in [1.807, 2.05) is 11.3 Å². The van der Waals surface area contributed by atoms with Crippen molar-refractivity contribution < 1.29 is 0 Å². The van der Waals surface area contributed by atoms with Crippen molar-refractivity contribution in [1.29, 1.82) is 0 Å². The summed E-state index contributed by atoms with van der Waals surface area (Å²) >= 11 is 1.83. The van der Waals surface area contributed by atoms with Crippen molar-refractivity contribution in [2.24, 2.45) is 5.73 Å². The van der Waals surface area contributed by atoms with Crippen molar-refractivity contribution in [3.8, 4) is 0 Å². The summed E-state index contributed by atoms with van der Waals surface area (Å²) in [5, 5.41) is 3.65. The third-order valence-electron chi connectivity index (χ3n) is 4.80. The summed E-state index contributed by atoms with van der Waals surface area (Å²) < 4.78 is 1.36. The van der Waals surface area contributed by atoms with Crippen LogP contribution in [-0.2, 0) is 0 Å². The fourth-order valence-electron chi connectivity index (χ4n) is 3.47. The number of rotatable bonds is 5. The Balaban J connectivity index is 1.80. The number of hydrogen-bond donors (Lipinski definition) is 1. The zero-order valence-corrected chi connectivity index (χ0v) is 13.8. The van der Waals surface area contributed by atoms with E-state index < -0.39 is 0 Å². The van der Waals surface area contributed by atoms with Gasteiger partial charge in [0.25, 0.3) is 0 Å². The largest absolute Gasteiger partial charge is 0.329 e. The second kappa shape index (κ2) is 6.44. The van der Waals surface area contributed by atoms with Gasteiger partial charge in [0.2, 0.25) is 0 Å². The molecule has 0 aliphatic carbocycles.